The van der Waals surface area contributed by atoms with Gasteiger partial charge in [-0.15, -0.1) is 0 Å². The summed E-state index contributed by atoms with van der Waals surface area (Å²) in [4.78, 5) is 8.99. The summed E-state index contributed by atoms with van der Waals surface area (Å²) in [6.07, 6.45) is 4.66. The van der Waals surface area contributed by atoms with Crippen LogP contribution < -0.4 is 9.47 Å². The van der Waals surface area contributed by atoms with Gasteiger partial charge in [-0.1, -0.05) is 24.3 Å². The van der Waals surface area contributed by atoms with Crippen molar-refractivity contribution in [3.05, 3.63) is 71.8 Å². The van der Waals surface area contributed by atoms with Gasteiger partial charge in [0.25, 0.3) is 0 Å². The average molecular weight is 402 g/mol. The Labute approximate surface area is 174 Å². The highest BCUT2D eigenvalue weighted by Crippen LogP contribution is 2.33. The van der Waals surface area contributed by atoms with Crippen LogP contribution in [0.25, 0.3) is 0 Å². The highest BCUT2D eigenvalue weighted by molar-refractivity contribution is 5.90. The van der Waals surface area contributed by atoms with E-state index in [0.29, 0.717) is 47.2 Å². The fraction of sp³-hybridized carbons (Fsp3) is 0.167. The van der Waals surface area contributed by atoms with E-state index in [1.165, 1.54) is 0 Å². The predicted octanol–water partition coefficient (Wildman–Crippen LogP) is 5.15. The Morgan fingerprint density at radius 1 is 0.600 bits per heavy atom. The molecule has 1 aliphatic rings. The molecule has 4 bridgehead atoms. The van der Waals surface area contributed by atoms with Gasteiger partial charge in [0, 0.05) is 23.6 Å². The molecule has 0 fully saturated rings. The maximum absolute atomic E-state index is 10.5. The molecule has 0 saturated carbocycles. The van der Waals surface area contributed by atoms with Crippen molar-refractivity contribution in [1.82, 2.24) is 0 Å². The minimum atomic E-state index is 0.0551. The molecule has 0 aliphatic carbocycles. The minimum Gasteiger partial charge on any atom is -0.504 e. The molecule has 3 aromatic rings. The van der Waals surface area contributed by atoms with Crippen LogP contribution >= 0.6 is 0 Å². The van der Waals surface area contributed by atoms with Crippen LogP contribution in [0.4, 0.5) is 11.4 Å². The predicted molar refractivity (Wildman–Crippen MR) is 117 cm³/mol. The zero-order valence-electron chi connectivity index (χ0n) is 16.4. The van der Waals surface area contributed by atoms with Gasteiger partial charge in [-0.25, -0.2) is 0 Å². The fourth-order valence-electron chi connectivity index (χ4n) is 3.05. The van der Waals surface area contributed by atoms with Gasteiger partial charge < -0.3 is 19.7 Å². The summed E-state index contributed by atoms with van der Waals surface area (Å²) < 4.78 is 11.4. The Hall–Kier alpha value is -3.80. The highest BCUT2D eigenvalue weighted by Gasteiger charge is 2.09. The molecule has 6 heteroatoms. The summed E-state index contributed by atoms with van der Waals surface area (Å²) in [6, 6.07) is 18.0. The van der Waals surface area contributed by atoms with Crippen molar-refractivity contribution in [2.45, 2.75) is 12.8 Å². The van der Waals surface area contributed by atoms with E-state index in [2.05, 4.69) is 9.98 Å². The lowest BCUT2D eigenvalue weighted by atomic mass is 10.2. The Bertz CT molecular complexity index is 1010. The number of hydrogen-bond acceptors (Lipinski definition) is 6. The summed E-state index contributed by atoms with van der Waals surface area (Å²) >= 11 is 0. The number of phenols is 2. The second-order valence-electron chi connectivity index (χ2n) is 6.80. The van der Waals surface area contributed by atoms with Crippen molar-refractivity contribution >= 4 is 23.8 Å². The number of nitrogens with zero attached hydrogens (tertiary/aromatic N) is 2. The molecular formula is C24H22N2O4. The number of fused-ring (bicyclic) bond motifs is 5. The lowest BCUT2D eigenvalue weighted by molar-refractivity contribution is 0.254. The van der Waals surface area contributed by atoms with Crippen LogP contribution in [0, 0.1) is 0 Å². The van der Waals surface area contributed by atoms with Crippen LogP contribution in [0.15, 0.2) is 70.6 Å². The number of aliphatic imine (C=N–C) groups is 2. The largest absolute Gasteiger partial charge is 0.504 e. The summed E-state index contributed by atoms with van der Waals surface area (Å²) in [5, 5.41) is 21.0. The van der Waals surface area contributed by atoms with Crippen LogP contribution in [0.2, 0.25) is 0 Å². The Morgan fingerprint density at radius 3 is 1.53 bits per heavy atom. The first-order chi connectivity index (χ1) is 14.7. The molecule has 0 spiro atoms. The van der Waals surface area contributed by atoms with Gasteiger partial charge in [-0.05, 0) is 49.2 Å². The fourth-order valence-corrected chi connectivity index (χ4v) is 3.05. The van der Waals surface area contributed by atoms with E-state index >= 15 is 0 Å². The number of ether oxygens (including phenoxy) is 2. The van der Waals surface area contributed by atoms with E-state index in [4.69, 9.17) is 9.47 Å². The summed E-state index contributed by atoms with van der Waals surface area (Å²) in [5.74, 6) is 0.939. The third kappa shape index (κ3) is 4.43. The van der Waals surface area contributed by atoms with Gasteiger partial charge in [0.05, 0.1) is 24.6 Å². The highest BCUT2D eigenvalue weighted by atomic mass is 16.5. The summed E-state index contributed by atoms with van der Waals surface area (Å²) in [7, 11) is 0. The second kappa shape index (κ2) is 9.13. The average Bonchev–Trinajstić information content (AvgIpc) is 2.76. The molecule has 0 saturated heterocycles. The molecule has 0 aromatic heterocycles. The molecule has 30 heavy (non-hydrogen) atoms. The lowest BCUT2D eigenvalue weighted by Gasteiger charge is -2.11. The van der Waals surface area contributed by atoms with Crippen LogP contribution in [-0.4, -0.2) is 35.9 Å². The van der Waals surface area contributed by atoms with E-state index in [9.17, 15) is 10.2 Å². The smallest absolute Gasteiger partial charge is 0.166 e. The summed E-state index contributed by atoms with van der Waals surface area (Å²) in [5.41, 5.74) is 2.38. The molecule has 1 heterocycles. The Morgan fingerprint density at radius 2 is 1.07 bits per heavy atom. The number of phenolic OH excluding ortho intramolecular Hbond substituents is 2. The van der Waals surface area contributed by atoms with Gasteiger partial charge in [0.1, 0.15) is 0 Å². The van der Waals surface area contributed by atoms with Crippen molar-refractivity contribution in [2.75, 3.05) is 13.2 Å². The van der Waals surface area contributed by atoms with Crippen LogP contribution in [0.5, 0.6) is 23.0 Å². The van der Waals surface area contributed by atoms with Gasteiger partial charge >= 0.3 is 0 Å². The number of hydrogen-bond donors (Lipinski definition) is 2. The normalized spacial score (nSPS) is 14.0. The van der Waals surface area contributed by atoms with Gasteiger partial charge in [-0.3, -0.25) is 9.98 Å². The SMILES string of the molecule is Oc1c2cccc1OCCCCOc1cccc(c1O)C=Nc1ccccc1N=C2. The zero-order valence-corrected chi connectivity index (χ0v) is 16.4. The Kier molecular flexibility index (Phi) is 5.94. The molecule has 3 aromatic carbocycles. The van der Waals surface area contributed by atoms with Crippen LogP contribution in [0.3, 0.4) is 0 Å². The van der Waals surface area contributed by atoms with Crippen LogP contribution in [-0.2, 0) is 0 Å². The van der Waals surface area contributed by atoms with Gasteiger partial charge in [0.15, 0.2) is 23.0 Å². The van der Waals surface area contributed by atoms with E-state index in [-0.39, 0.29) is 11.5 Å². The molecular weight excluding hydrogens is 380 g/mol. The van der Waals surface area contributed by atoms with Crippen molar-refractivity contribution in [3.8, 4) is 23.0 Å². The first-order valence-electron chi connectivity index (χ1n) is 9.79. The first kappa shape index (κ1) is 19.5. The minimum absolute atomic E-state index is 0.0551. The van der Waals surface area contributed by atoms with E-state index in [0.717, 1.165) is 12.8 Å². The van der Waals surface area contributed by atoms with E-state index in [1.54, 1.807) is 36.7 Å². The maximum Gasteiger partial charge on any atom is 0.166 e. The number of para-hydroxylation sites is 4. The molecule has 0 radical (unpaired) electrons. The van der Waals surface area contributed by atoms with Crippen molar-refractivity contribution < 1.29 is 19.7 Å². The molecule has 1 aliphatic heterocycles. The Balaban J connectivity index is 1.73. The molecule has 0 unspecified atom stereocenters. The molecule has 0 amide bonds. The van der Waals surface area contributed by atoms with Crippen molar-refractivity contribution in [1.29, 1.82) is 0 Å². The number of benzene rings is 3. The number of rotatable bonds is 0. The monoisotopic (exact) mass is 402 g/mol. The van der Waals surface area contributed by atoms with E-state index < -0.39 is 0 Å². The van der Waals surface area contributed by atoms with Crippen molar-refractivity contribution in [3.63, 3.8) is 0 Å². The topological polar surface area (TPSA) is 83.6 Å². The molecule has 4 rings (SSSR count). The van der Waals surface area contributed by atoms with Crippen LogP contribution in [0.1, 0.15) is 24.0 Å². The third-order valence-corrected chi connectivity index (χ3v) is 4.68. The summed E-state index contributed by atoms with van der Waals surface area (Å²) in [6.45, 7) is 0.887. The van der Waals surface area contributed by atoms with Gasteiger partial charge in [0.2, 0.25) is 0 Å². The lowest BCUT2D eigenvalue weighted by Crippen LogP contribution is -2.03. The third-order valence-electron chi connectivity index (χ3n) is 4.68. The maximum atomic E-state index is 10.5. The molecule has 152 valence electrons. The quantitative estimate of drug-likeness (QED) is 0.545. The molecule has 6 nitrogen and oxygen atoms in total. The standard InChI is InChI=1S/C24H22N2O4/c27-23-17-7-5-11-21(23)29-13-3-4-14-30-22-12-6-8-18(24(22)28)16-26-20-10-2-1-9-19(20)25-15-17/h1-2,5-12,15-16,27-28H,3-4,13-14H2. The zero-order chi connectivity index (χ0) is 20.8. The first-order valence-corrected chi connectivity index (χ1v) is 9.79. The van der Waals surface area contributed by atoms with Crippen molar-refractivity contribution in [2.24, 2.45) is 9.98 Å². The van der Waals surface area contributed by atoms with Gasteiger partial charge in [-0.2, -0.15) is 0 Å². The van der Waals surface area contributed by atoms with E-state index in [1.807, 2.05) is 36.4 Å². The number of aromatic hydroxyl groups is 2. The molecule has 2 N–H and O–H groups in total. The molecule has 0 atom stereocenters. The second-order valence-corrected chi connectivity index (χ2v) is 6.80.